The summed E-state index contributed by atoms with van der Waals surface area (Å²) in [6, 6.07) is 0. The van der Waals surface area contributed by atoms with E-state index in [1.54, 1.807) is 0 Å². The van der Waals surface area contributed by atoms with Gasteiger partial charge in [0.25, 0.3) is 0 Å². The van der Waals surface area contributed by atoms with Gasteiger partial charge >= 0.3 is 5.97 Å². The summed E-state index contributed by atoms with van der Waals surface area (Å²) in [5.74, 6) is -1.07. The van der Waals surface area contributed by atoms with Gasteiger partial charge in [-0.2, -0.15) is 0 Å². The Hall–Kier alpha value is -0.520. The van der Waals surface area contributed by atoms with Crippen molar-refractivity contribution in [2.24, 2.45) is 0 Å². The van der Waals surface area contributed by atoms with Crippen LogP contribution in [0.1, 0.15) is 0 Å². The summed E-state index contributed by atoms with van der Waals surface area (Å²) < 4.78 is 0. The Bertz CT molecular complexity index is 98.2. The number of aliphatic hydroxyl groups excluding tert-OH is 2. The molecule has 0 aromatic carbocycles. The number of carboxylic acid groups (broad SMARTS) is 1. The molecule has 0 bridgehead atoms. The lowest BCUT2D eigenvalue weighted by Gasteiger charge is -1.78. The average molecular weight is 166 g/mol. The Morgan fingerprint density at radius 3 is 1.60 bits per heavy atom. The molecule has 0 rings (SSSR count). The molecule has 10 heavy (non-hydrogen) atoms. The Morgan fingerprint density at radius 2 is 1.60 bits per heavy atom. The van der Waals surface area contributed by atoms with Crippen LogP contribution in [0.5, 0.6) is 0 Å². The Kier molecular flexibility index (Phi) is 10.3. The molecule has 5 heteroatoms. The van der Waals surface area contributed by atoms with Crippen LogP contribution in [-0.2, 0) is 4.79 Å². The van der Waals surface area contributed by atoms with Crippen molar-refractivity contribution >= 4 is 18.6 Å². The van der Waals surface area contributed by atoms with Crippen molar-refractivity contribution in [1.82, 2.24) is 0 Å². The fourth-order valence-electron chi connectivity index (χ4n) is 0. The van der Waals surface area contributed by atoms with Gasteiger partial charge in [0.15, 0.2) is 0 Å². The largest absolute Gasteiger partial charge is 0.477 e. The quantitative estimate of drug-likeness (QED) is 0.329. The third-order valence-corrected chi connectivity index (χ3v) is 0.538. The lowest BCUT2D eigenvalue weighted by molar-refractivity contribution is -0.131. The topological polar surface area (TPSA) is 77.8 Å². The lowest BCUT2D eigenvalue weighted by atomic mass is 10.7. The summed E-state index contributed by atoms with van der Waals surface area (Å²) in [6.07, 6.45) is 0. The van der Waals surface area contributed by atoms with Crippen molar-refractivity contribution in [3.05, 3.63) is 11.5 Å². The molecule has 0 saturated carbocycles. The standard InChI is InChI=1S/C3H4O2S.C2H6O2/c1-2(6)3(4)5;3-1-2-4/h6H,1H2,(H,4,5);3-4H,1-2H2. The molecule has 0 aliphatic heterocycles. The molecular formula is C5H10O4S. The minimum absolute atomic E-state index is 0.125. The average Bonchev–Trinajstić information content (AvgIpc) is 1.89. The van der Waals surface area contributed by atoms with E-state index in [0.717, 1.165) is 0 Å². The molecule has 60 valence electrons. The van der Waals surface area contributed by atoms with Gasteiger partial charge < -0.3 is 15.3 Å². The molecule has 0 unspecified atom stereocenters. The van der Waals surface area contributed by atoms with Crippen LogP contribution in [0.25, 0.3) is 0 Å². The van der Waals surface area contributed by atoms with Crippen molar-refractivity contribution in [2.45, 2.75) is 0 Å². The molecule has 4 nitrogen and oxygen atoms in total. The van der Waals surface area contributed by atoms with Crippen LogP contribution in [0.2, 0.25) is 0 Å². The summed E-state index contributed by atoms with van der Waals surface area (Å²) >= 11 is 3.40. The molecule has 0 amide bonds. The molecule has 0 aliphatic rings. The Balaban J connectivity index is 0. The second-order valence-corrected chi connectivity index (χ2v) is 1.74. The first-order valence-corrected chi connectivity index (χ1v) is 2.83. The molecule has 0 heterocycles. The number of thiol groups is 1. The molecule has 0 aromatic heterocycles. The van der Waals surface area contributed by atoms with Gasteiger partial charge in [-0.25, -0.2) is 4.79 Å². The van der Waals surface area contributed by atoms with E-state index >= 15 is 0 Å². The maximum absolute atomic E-state index is 9.52. The molecular weight excluding hydrogens is 156 g/mol. The van der Waals surface area contributed by atoms with Gasteiger partial charge in [0.1, 0.15) is 0 Å². The predicted octanol–water partition coefficient (Wildman–Crippen LogP) is -0.515. The first kappa shape index (κ1) is 12.2. The van der Waals surface area contributed by atoms with E-state index in [1.807, 2.05) is 0 Å². The maximum atomic E-state index is 9.52. The predicted molar refractivity (Wildman–Crippen MR) is 39.9 cm³/mol. The highest BCUT2D eigenvalue weighted by Gasteiger charge is 1.91. The highest BCUT2D eigenvalue weighted by Crippen LogP contribution is 1.91. The minimum Gasteiger partial charge on any atom is -0.477 e. The second kappa shape index (κ2) is 8.48. The van der Waals surface area contributed by atoms with Crippen molar-refractivity contribution in [3.8, 4) is 0 Å². The SMILES string of the molecule is C=C(S)C(=O)O.OCCO. The summed E-state index contributed by atoms with van der Waals surface area (Å²) in [5.41, 5.74) is 0. The summed E-state index contributed by atoms with van der Waals surface area (Å²) in [7, 11) is 0. The van der Waals surface area contributed by atoms with E-state index in [9.17, 15) is 4.79 Å². The zero-order chi connectivity index (χ0) is 8.57. The second-order valence-electron chi connectivity index (χ2n) is 1.20. The highest BCUT2D eigenvalue weighted by atomic mass is 32.1. The van der Waals surface area contributed by atoms with E-state index in [0.29, 0.717) is 0 Å². The Labute approximate surface area is 64.2 Å². The summed E-state index contributed by atoms with van der Waals surface area (Å²) in [6.45, 7) is 2.77. The van der Waals surface area contributed by atoms with Crippen LogP contribution < -0.4 is 0 Å². The minimum atomic E-state index is -1.07. The summed E-state index contributed by atoms with van der Waals surface area (Å²) in [5, 5.41) is 23.1. The van der Waals surface area contributed by atoms with Crippen LogP contribution >= 0.6 is 12.6 Å². The first-order valence-electron chi connectivity index (χ1n) is 2.39. The van der Waals surface area contributed by atoms with Crippen molar-refractivity contribution < 1.29 is 20.1 Å². The smallest absolute Gasteiger partial charge is 0.341 e. The van der Waals surface area contributed by atoms with Crippen LogP contribution in [0, 0.1) is 0 Å². The maximum Gasteiger partial charge on any atom is 0.341 e. The number of hydrogen-bond donors (Lipinski definition) is 4. The molecule has 0 saturated heterocycles. The number of rotatable bonds is 2. The van der Waals surface area contributed by atoms with Crippen molar-refractivity contribution in [1.29, 1.82) is 0 Å². The van der Waals surface area contributed by atoms with Crippen LogP contribution in [0.4, 0.5) is 0 Å². The van der Waals surface area contributed by atoms with Gasteiger partial charge in [-0.1, -0.05) is 6.58 Å². The molecule has 0 spiro atoms. The number of hydrogen-bond acceptors (Lipinski definition) is 4. The van der Waals surface area contributed by atoms with Crippen molar-refractivity contribution in [3.63, 3.8) is 0 Å². The molecule has 0 atom stereocenters. The van der Waals surface area contributed by atoms with E-state index in [2.05, 4.69) is 19.2 Å². The van der Waals surface area contributed by atoms with Gasteiger partial charge in [-0.05, 0) is 0 Å². The third kappa shape index (κ3) is 15.6. The molecule has 0 aromatic rings. The normalized spacial score (nSPS) is 7.50. The van der Waals surface area contributed by atoms with Gasteiger partial charge in [0, 0.05) is 0 Å². The third-order valence-electron chi connectivity index (χ3n) is 0.347. The molecule has 0 fully saturated rings. The van der Waals surface area contributed by atoms with Gasteiger partial charge in [0.05, 0.1) is 18.1 Å². The fourth-order valence-corrected chi connectivity index (χ4v) is 0. The van der Waals surface area contributed by atoms with Crippen LogP contribution in [0.3, 0.4) is 0 Å². The van der Waals surface area contributed by atoms with Crippen LogP contribution in [-0.4, -0.2) is 34.5 Å². The fraction of sp³-hybridized carbons (Fsp3) is 0.400. The number of carboxylic acids is 1. The van der Waals surface area contributed by atoms with Crippen molar-refractivity contribution in [2.75, 3.05) is 13.2 Å². The number of aliphatic hydroxyl groups is 2. The van der Waals surface area contributed by atoms with E-state index < -0.39 is 5.97 Å². The first-order chi connectivity index (χ1) is 4.56. The number of aliphatic carboxylic acids is 1. The van der Waals surface area contributed by atoms with Gasteiger partial charge in [0.2, 0.25) is 0 Å². The lowest BCUT2D eigenvalue weighted by Crippen LogP contribution is -1.89. The van der Waals surface area contributed by atoms with Gasteiger partial charge in [-0.3, -0.25) is 0 Å². The van der Waals surface area contributed by atoms with E-state index in [-0.39, 0.29) is 18.1 Å². The van der Waals surface area contributed by atoms with Crippen LogP contribution in [0.15, 0.2) is 11.5 Å². The summed E-state index contributed by atoms with van der Waals surface area (Å²) in [4.78, 5) is 9.39. The molecule has 0 radical (unpaired) electrons. The van der Waals surface area contributed by atoms with Gasteiger partial charge in [-0.15, -0.1) is 12.6 Å². The monoisotopic (exact) mass is 166 g/mol. The number of carbonyl (C=O) groups is 1. The van der Waals surface area contributed by atoms with E-state index in [1.165, 1.54) is 0 Å². The highest BCUT2D eigenvalue weighted by molar-refractivity contribution is 7.85. The van der Waals surface area contributed by atoms with E-state index in [4.69, 9.17) is 15.3 Å². The zero-order valence-corrected chi connectivity index (χ0v) is 6.21. The Morgan fingerprint density at radius 1 is 1.40 bits per heavy atom. The zero-order valence-electron chi connectivity index (χ0n) is 5.32. The molecule has 3 N–H and O–H groups in total. The molecule has 0 aliphatic carbocycles.